The number of anilines is 1. The first-order valence-corrected chi connectivity index (χ1v) is 9.61. The van der Waals surface area contributed by atoms with Crippen LogP contribution in [0, 0.1) is 0 Å². The molecule has 0 aliphatic heterocycles. The van der Waals surface area contributed by atoms with E-state index in [4.69, 9.17) is 9.47 Å². The molecule has 7 heteroatoms. The van der Waals surface area contributed by atoms with E-state index in [0.29, 0.717) is 16.3 Å². The molecule has 2 aromatic rings. The number of hydrogen-bond donors (Lipinski definition) is 1. The van der Waals surface area contributed by atoms with Crippen LogP contribution in [0.15, 0.2) is 28.7 Å². The number of amides is 1. The molecular formula is C18H18BrNO4S. The lowest BCUT2D eigenvalue weighted by Crippen LogP contribution is -2.21. The van der Waals surface area contributed by atoms with Crippen molar-refractivity contribution in [1.29, 1.82) is 0 Å². The van der Waals surface area contributed by atoms with Crippen molar-refractivity contribution >= 4 is 44.1 Å². The van der Waals surface area contributed by atoms with Crippen molar-refractivity contribution in [2.45, 2.75) is 25.7 Å². The number of aryl methyl sites for hydroxylation is 1. The van der Waals surface area contributed by atoms with Gasteiger partial charge in [-0.15, -0.1) is 11.3 Å². The van der Waals surface area contributed by atoms with Crippen molar-refractivity contribution in [2.75, 3.05) is 19.0 Å². The summed E-state index contributed by atoms with van der Waals surface area (Å²) in [6.45, 7) is -0.133. The van der Waals surface area contributed by atoms with Crippen LogP contribution in [0.3, 0.4) is 0 Å². The summed E-state index contributed by atoms with van der Waals surface area (Å²) in [7, 11) is 1.36. The zero-order valence-electron chi connectivity index (χ0n) is 13.8. The van der Waals surface area contributed by atoms with Gasteiger partial charge in [-0.2, -0.15) is 0 Å². The summed E-state index contributed by atoms with van der Waals surface area (Å²) in [5, 5.41) is 3.37. The van der Waals surface area contributed by atoms with Crippen LogP contribution in [0.25, 0.3) is 0 Å². The van der Waals surface area contributed by atoms with Crippen LogP contribution in [0.4, 0.5) is 5.00 Å². The van der Waals surface area contributed by atoms with Gasteiger partial charge in [0.1, 0.15) is 10.8 Å². The van der Waals surface area contributed by atoms with Crippen molar-refractivity contribution in [3.63, 3.8) is 0 Å². The van der Waals surface area contributed by atoms with Crippen LogP contribution in [0.1, 0.15) is 33.6 Å². The average Bonchev–Trinajstić information content (AvgIpc) is 2.98. The van der Waals surface area contributed by atoms with E-state index in [1.54, 1.807) is 6.07 Å². The molecule has 1 aromatic carbocycles. The van der Waals surface area contributed by atoms with Crippen molar-refractivity contribution in [3.05, 3.63) is 44.7 Å². The number of para-hydroxylation sites is 1. The first-order chi connectivity index (χ1) is 12.1. The molecule has 0 fully saturated rings. The van der Waals surface area contributed by atoms with Crippen molar-refractivity contribution in [3.8, 4) is 5.75 Å². The van der Waals surface area contributed by atoms with Crippen LogP contribution in [-0.2, 0) is 22.4 Å². The number of nitrogens with one attached hydrogen (secondary N) is 1. The molecule has 25 heavy (non-hydrogen) atoms. The van der Waals surface area contributed by atoms with E-state index >= 15 is 0 Å². The molecule has 0 spiro atoms. The van der Waals surface area contributed by atoms with Gasteiger partial charge in [0, 0.05) is 4.88 Å². The Morgan fingerprint density at radius 3 is 2.76 bits per heavy atom. The minimum atomic E-state index is -0.401. The third kappa shape index (κ3) is 4.04. The molecule has 132 valence electrons. The van der Waals surface area contributed by atoms with Crippen molar-refractivity contribution in [2.24, 2.45) is 0 Å². The molecule has 0 atom stereocenters. The molecule has 0 saturated carbocycles. The number of fused-ring (bicyclic) bond motifs is 1. The van der Waals surface area contributed by atoms with Gasteiger partial charge in [0.15, 0.2) is 6.61 Å². The average molecular weight is 424 g/mol. The van der Waals surface area contributed by atoms with E-state index in [2.05, 4.69) is 21.2 Å². The largest absolute Gasteiger partial charge is 0.483 e. The minimum absolute atomic E-state index is 0.133. The van der Waals surface area contributed by atoms with Crippen molar-refractivity contribution in [1.82, 2.24) is 0 Å². The maximum atomic E-state index is 12.3. The number of hydrogen-bond acceptors (Lipinski definition) is 5. The Morgan fingerprint density at radius 2 is 2.00 bits per heavy atom. The van der Waals surface area contributed by atoms with Gasteiger partial charge >= 0.3 is 5.97 Å². The van der Waals surface area contributed by atoms with Gasteiger partial charge in [-0.3, -0.25) is 4.79 Å². The molecule has 0 radical (unpaired) electrons. The van der Waals surface area contributed by atoms with Crippen LogP contribution in [0.5, 0.6) is 5.75 Å². The van der Waals surface area contributed by atoms with Gasteiger partial charge in [0.25, 0.3) is 5.91 Å². The minimum Gasteiger partial charge on any atom is -0.483 e. The van der Waals surface area contributed by atoms with E-state index in [1.807, 2.05) is 18.2 Å². The highest BCUT2D eigenvalue weighted by Crippen LogP contribution is 2.38. The molecule has 0 unspecified atom stereocenters. The van der Waals surface area contributed by atoms with E-state index in [9.17, 15) is 9.59 Å². The summed E-state index contributed by atoms with van der Waals surface area (Å²) >= 11 is 4.84. The fourth-order valence-electron chi connectivity index (χ4n) is 2.84. The number of benzene rings is 1. The monoisotopic (exact) mass is 423 g/mol. The number of rotatable bonds is 5. The molecule has 0 bridgehead atoms. The molecule has 3 rings (SSSR count). The van der Waals surface area contributed by atoms with E-state index in [1.165, 1.54) is 18.4 Å². The van der Waals surface area contributed by atoms with Gasteiger partial charge in [0.05, 0.1) is 17.1 Å². The lowest BCUT2D eigenvalue weighted by atomic mass is 9.95. The van der Waals surface area contributed by atoms with Gasteiger partial charge in [-0.1, -0.05) is 12.1 Å². The molecular weight excluding hydrogens is 406 g/mol. The second-order valence-electron chi connectivity index (χ2n) is 5.67. The van der Waals surface area contributed by atoms with E-state index in [-0.39, 0.29) is 12.5 Å². The Morgan fingerprint density at radius 1 is 1.24 bits per heavy atom. The van der Waals surface area contributed by atoms with Crippen LogP contribution >= 0.6 is 27.3 Å². The van der Waals surface area contributed by atoms with Crippen LogP contribution in [-0.4, -0.2) is 25.6 Å². The second kappa shape index (κ2) is 8.01. The zero-order chi connectivity index (χ0) is 17.8. The topological polar surface area (TPSA) is 64.6 Å². The summed E-state index contributed by atoms with van der Waals surface area (Å²) in [5.41, 5.74) is 1.52. The summed E-state index contributed by atoms with van der Waals surface area (Å²) < 4.78 is 11.2. The number of halogens is 1. The van der Waals surface area contributed by atoms with E-state index in [0.717, 1.165) is 40.6 Å². The highest BCUT2D eigenvalue weighted by atomic mass is 79.9. The van der Waals surface area contributed by atoms with Gasteiger partial charge in [-0.25, -0.2) is 4.79 Å². The molecule has 1 aliphatic rings. The first-order valence-electron chi connectivity index (χ1n) is 8.00. The van der Waals surface area contributed by atoms with Crippen molar-refractivity contribution < 1.29 is 19.1 Å². The molecule has 5 nitrogen and oxygen atoms in total. The standard InChI is InChI=1S/C18H18BrNO4S/c1-23-18(22)16-11-6-2-5-9-14(11)25-17(16)20-15(21)10-24-13-8-4-3-7-12(13)19/h3-4,7-8H,2,5-6,9-10H2,1H3,(H,20,21). The molecule has 1 aromatic heterocycles. The van der Waals surface area contributed by atoms with Gasteiger partial charge < -0.3 is 14.8 Å². The first kappa shape index (κ1) is 17.9. The maximum Gasteiger partial charge on any atom is 0.341 e. The Kier molecular flexibility index (Phi) is 5.75. The lowest BCUT2D eigenvalue weighted by molar-refractivity contribution is -0.118. The molecule has 1 heterocycles. The normalized spacial score (nSPS) is 13.0. The summed E-state index contributed by atoms with van der Waals surface area (Å²) in [6, 6.07) is 7.33. The van der Waals surface area contributed by atoms with Gasteiger partial charge in [-0.05, 0) is 59.3 Å². The lowest BCUT2D eigenvalue weighted by Gasteiger charge is -2.12. The van der Waals surface area contributed by atoms with Crippen LogP contribution in [0.2, 0.25) is 0 Å². The predicted molar refractivity (Wildman–Crippen MR) is 101 cm³/mol. The Balaban J connectivity index is 1.73. The zero-order valence-corrected chi connectivity index (χ0v) is 16.2. The Bertz CT molecular complexity index is 802. The third-order valence-electron chi connectivity index (χ3n) is 4.01. The van der Waals surface area contributed by atoms with E-state index < -0.39 is 5.97 Å². The number of carbonyl (C=O) groups excluding carboxylic acids is 2. The number of thiophene rings is 1. The summed E-state index contributed by atoms with van der Waals surface area (Å²) in [4.78, 5) is 25.6. The fraction of sp³-hybridized carbons (Fsp3) is 0.333. The second-order valence-corrected chi connectivity index (χ2v) is 7.63. The number of carbonyl (C=O) groups is 2. The molecule has 1 N–H and O–H groups in total. The third-order valence-corrected chi connectivity index (χ3v) is 5.87. The maximum absolute atomic E-state index is 12.3. The predicted octanol–water partition coefficient (Wildman–Crippen LogP) is 4.19. The van der Waals surface area contributed by atoms with Gasteiger partial charge in [0.2, 0.25) is 0 Å². The van der Waals surface area contributed by atoms with Crippen LogP contribution < -0.4 is 10.1 Å². The molecule has 0 saturated heterocycles. The molecule has 1 aliphatic carbocycles. The number of methoxy groups -OCH3 is 1. The molecule has 1 amide bonds. The Hall–Kier alpha value is -1.86. The summed E-state index contributed by atoms with van der Waals surface area (Å²) in [5.74, 6) is -0.114. The number of ether oxygens (including phenoxy) is 2. The summed E-state index contributed by atoms with van der Waals surface area (Å²) in [6.07, 6.45) is 3.94. The SMILES string of the molecule is COC(=O)c1c(NC(=O)COc2ccccc2Br)sc2c1CCCC2. The highest BCUT2D eigenvalue weighted by molar-refractivity contribution is 9.10. The smallest absolute Gasteiger partial charge is 0.341 e. The quantitative estimate of drug-likeness (QED) is 0.731. The highest BCUT2D eigenvalue weighted by Gasteiger charge is 2.26. The number of esters is 1. The Labute approximate surface area is 158 Å². The fourth-order valence-corrected chi connectivity index (χ4v) is 4.53.